The van der Waals surface area contributed by atoms with Crippen LogP contribution in [0.1, 0.15) is 19.7 Å². The van der Waals surface area contributed by atoms with Crippen molar-refractivity contribution < 1.29 is 9.47 Å². The van der Waals surface area contributed by atoms with Crippen LogP contribution < -0.4 is 15.0 Å². The van der Waals surface area contributed by atoms with Crippen molar-refractivity contribution in [3.63, 3.8) is 0 Å². The summed E-state index contributed by atoms with van der Waals surface area (Å²) in [4.78, 5) is 25.2. The van der Waals surface area contributed by atoms with Crippen LogP contribution in [0.5, 0.6) is 6.01 Å². The number of aromatic amines is 1. The minimum atomic E-state index is 0.102. The molecule has 4 aromatic rings. The zero-order chi connectivity index (χ0) is 22.5. The van der Waals surface area contributed by atoms with Crippen molar-refractivity contribution in [2.75, 3.05) is 37.7 Å². The molecule has 0 radical (unpaired) electrons. The SMILES string of the molecule is CCc1nc2c(-c3nc(N4CCOCC4)c4nc(OC5CNC5C)n(C)c4n3)cccc2[nH]1. The Morgan fingerprint density at radius 2 is 1.97 bits per heavy atom. The van der Waals surface area contributed by atoms with Crippen molar-refractivity contribution in [2.45, 2.75) is 32.4 Å². The number of nitrogens with one attached hydrogen (secondary N) is 2. The molecule has 0 aliphatic carbocycles. The number of fused-ring (bicyclic) bond motifs is 2. The van der Waals surface area contributed by atoms with Gasteiger partial charge in [-0.2, -0.15) is 4.98 Å². The standard InChI is InChI=1S/C23H28N8O2/c1-4-17-25-15-7-5-6-14(18(15)26-17)20-28-21-19(22(29-20)31-8-10-32-11-9-31)27-23(30(21)3)33-16-12-24-13(16)2/h5-7,13,16,24H,4,8-12H2,1-3H3,(H,25,26). The number of aryl methyl sites for hydroxylation is 2. The molecule has 33 heavy (non-hydrogen) atoms. The van der Waals surface area contributed by atoms with Gasteiger partial charge < -0.3 is 24.7 Å². The van der Waals surface area contributed by atoms with Crippen molar-refractivity contribution in [3.05, 3.63) is 24.0 Å². The molecule has 2 saturated heterocycles. The van der Waals surface area contributed by atoms with E-state index in [0.29, 0.717) is 31.1 Å². The maximum Gasteiger partial charge on any atom is 0.298 e. The highest BCUT2D eigenvalue weighted by Gasteiger charge is 2.31. The van der Waals surface area contributed by atoms with Crippen LogP contribution in [-0.4, -0.2) is 74.5 Å². The third-order valence-electron chi connectivity index (χ3n) is 6.56. The van der Waals surface area contributed by atoms with Gasteiger partial charge in [0.15, 0.2) is 22.8 Å². The van der Waals surface area contributed by atoms with Crippen molar-refractivity contribution in [2.24, 2.45) is 7.05 Å². The van der Waals surface area contributed by atoms with Crippen molar-refractivity contribution >= 4 is 28.0 Å². The van der Waals surface area contributed by atoms with Crippen molar-refractivity contribution in [3.8, 4) is 17.4 Å². The van der Waals surface area contributed by atoms with Crippen LogP contribution in [0.25, 0.3) is 33.6 Å². The average Bonchev–Trinajstić information content (AvgIpc) is 3.42. The van der Waals surface area contributed by atoms with Crippen LogP contribution in [0.2, 0.25) is 0 Å². The molecule has 172 valence electrons. The highest BCUT2D eigenvalue weighted by Crippen LogP contribution is 2.33. The number of hydrogen-bond acceptors (Lipinski definition) is 8. The molecule has 10 heteroatoms. The van der Waals surface area contributed by atoms with E-state index in [1.165, 1.54) is 0 Å². The minimum absolute atomic E-state index is 0.102. The number of nitrogens with zero attached hydrogens (tertiary/aromatic N) is 6. The van der Waals surface area contributed by atoms with Crippen LogP contribution in [-0.2, 0) is 18.2 Å². The van der Waals surface area contributed by atoms with Gasteiger partial charge in [0.05, 0.1) is 24.2 Å². The number of ether oxygens (including phenoxy) is 2. The van der Waals surface area contributed by atoms with Crippen LogP contribution in [0.3, 0.4) is 0 Å². The summed E-state index contributed by atoms with van der Waals surface area (Å²) in [6.45, 7) is 7.87. The van der Waals surface area contributed by atoms with Gasteiger partial charge in [0.25, 0.3) is 6.01 Å². The van der Waals surface area contributed by atoms with Crippen LogP contribution >= 0.6 is 0 Å². The van der Waals surface area contributed by atoms with Crippen molar-refractivity contribution in [1.29, 1.82) is 0 Å². The Labute approximate surface area is 191 Å². The van der Waals surface area contributed by atoms with E-state index in [-0.39, 0.29) is 6.10 Å². The molecule has 0 saturated carbocycles. The molecule has 3 aromatic heterocycles. The lowest BCUT2D eigenvalue weighted by molar-refractivity contribution is 0.0813. The fraction of sp³-hybridized carbons (Fsp3) is 0.478. The quantitative estimate of drug-likeness (QED) is 0.478. The van der Waals surface area contributed by atoms with Gasteiger partial charge in [-0.25, -0.2) is 15.0 Å². The third-order valence-corrected chi connectivity index (χ3v) is 6.56. The Kier molecular flexibility index (Phi) is 4.92. The van der Waals surface area contributed by atoms with Gasteiger partial charge in [0.1, 0.15) is 11.9 Å². The summed E-state index contributed by atoms with van der Waals surface area (Å²) in [6.07, 6.45) is 0.939. The summed E-state index contributed by atoms with van der Waals surface area (Å²) < 4.78 is 13.7. The fourth-order valence-corrected chi connectivity index (χ4v) is 4.41. The van der Waals surface area contributed by atoms with Crippen LogP contribution in [0.15, 0.2) is 18.2 Å². The third kappa shape index (κ3) is 3.41. The monoisotopic (exact) mass is 448 g/mol. The second-order valence-corrected chi connectivity index (χ2v) is 8.69. The fourth-order valence-electron chi connectivity index (χ4n) is 4.41. The average molecular weight is 449 g/mol. The van der Waals surface area contributed by atoms with E-state index in [4.69, 9.17) is 29.4 Å². The maximum atomic E-state index is 6.22. The van der Waals surface area contributed by atoms with E-state index in [2.05, 4.69) is 29.0 Å². The summed E-state index contributed by atoms with van der Waals surface area (Å²) in [5.74, 6) is 2.40. The summed E-state index contributed by atoms with van der Waals surface area (Å²) in [7, 11) is 1.95. The van der Waals surface area contributed by atoms with Crippen LogP contribution in [0.4, 0.5) is 5.82 Å². The van der Waals surface area contributed by atoms with Gasteiger partial charge in [0, 0.05) is 44.7 Å². The molecule has 2 N–H and O–H groups in total. The van der Waals surface area contributed by atoms with E-state index in [9.17, 15) is 0 Å². The Hall–Kier alpha value is -3.24. The molecular formula is C23H28N8O2. The Morgan fingerprint density at radius 3 is 2.70 bits per heavy atom. The molecule has 0 spiro atoms. The number of imidazole rings is 2. The summed E-state index contributed by atoms with van der Waals surface area (Å²) in [5, 5.41) is 3.33. The number of anilines is 1. The van der Waals surface area contributed by atoms with Gasteiger partial charge in [-0.15, -0.1) is 0 Å². The first-order chi connectivity index (χ1) is 16.1. The second-order valence-electron chi connectivity index (χ2n) is 8.69. The summed E-state index contributed by atoms with van der Waals surface area (Å²) >= 11 is 0. The maximum absolute atomic E-state index is 6.22. The first-order valence-corrected chi connectivity index (χ1v) is 11.6. The number of benzene rings is 1. The summed E-state index contributed by atoms with van der Waals surface area (Å²) in [6, 6.07) is 6.95. The zero-order valence-electron chi connectivity index (χ0n) is 19.1. The molecule has 6 rings (SSSR count). The molecule has 2 aliphatic heterocycles. The van der Waals surface area contributed by atoms with E-state index < -0.39 is 0 Å². The Bertz CT molecular complexity index is 1320. The highest BCUT2D eigenvalue weighted by atomic mass is 16.5. The smallest absolute Gasteiger partial charge is 0.298 e. The lowest BCUT2D eigenvalue weighted by Gasteiger charge is -2.34. The topological polar surface area (TPSA) is 106 Å². The first kappa shape index (κ1) is 20.4. The second kappa shape index (κ2) is 7.96. The molecule has 1 aromatic carbocycles. The molecule has 2 atom stereocenters. The molecule has 2 aliphatic rings. The number of H-pyrrole nitrogens is 1. The predicted octanol–water partition coefficient (Wildman–Crippen LogP) is 2.04. The van der Waals surface area contributed by atoms with Gasteiger partial charge in [-0.3, -0.25) is 4.57 Å². The normalized spacial score (nSPS) is 21.0. The zero-order valence-corrected chi connectivity index (χ0v) is 19.1. The lowest BCUT2D eigenvalue weighted by atomic mass is 10.1. The van der Waals surface area contributed by atoms with Crippen molar-refractivity contribution in [1.82, 2.24) is 34.8 Å². The number of hydrogen-bond donors (Lipinski definition) is 2. The largest absolute Gasteiger partial charge is 0.458 e. The number of para-hydroxylation sites is 1. The van der Waals surface area contributed by atoms with Gasteiger partial charge in [-0.1, -0.05) is 13.0 Å². The summed E-state index contributed by atoms with van der Waals surface area (Å²) in [5.41, 5.74) is 4.28. The van der Waals surface area contributed by atoms with E-state index >= 15 is 0 Å². The molecule has 2 fully saturated rings. The first-order valence-electron chi connectivity index (χ1n) is 11.6. The number of aromatic nitrogens is 6. The lowest BCUT2D eigenvalue weighted by Crippen LogP contribution is -2.58. The molecule has 5 heterocycles. The number of rotatable bonds is 5. The molecule has 10 nitrogen and oxygen atoms in total. The van der Waals surface area contributed by atoms with Gasteiger partial charge in [-0.05, 0) is 19.1 Å². The highest BCUT2D eigenvalue weighted by molar-refractivity contribution is 5.93. The van der Waals surface area contributed by atoms with E-state index in [0.717, 1.165) is 65.5 Å². The molecule has 0 amide bonds. The van der Waals surface area contributed by atoms with E-state index in [1.807, 2.05) is 29.8 Å². The number of morpholine rings is 1. The molecular weight excluding hydrogens is 420 g/mol. The van der Waals surface area contributed by atoms with Gasteiger partial charge >= 0.3 is 0 Å². The minimum Gasteiger partial charge on any atom is -0.458 e. The van der Waals surface area contributed by atoms with E-state index in [1.54, 1.807) is 0 Å². The molecule has 2 unspecified atom stereocenters. The molecule has 0 bridgehead atoms. The van der Waals surface area contributed by atoms with Crippen LogP contribution in [0, 0.1) is 0 Å². The Balaban J connectivity index is 1.52. The Morgan fingerprint density at radius 1 is 1.12 bits per heavy atom. The predicted molar refractivity (Wildman–Crippen MR) is 126 cm³/mol. The van der Waals surface area contributed by atoms with Gasteiger partial charge in [0.2, 0.25) is 0 Å².